The third-order valence-electron chi connectivity index (χ3n) is 2.96. The van der Waals surface area contributed by atoms with Crippen LogP contribution in [0.1, 0.15) is 15.4 Å². The van der Waals surface area contributed by atoms with Gasteiger partial charge >= 0.3 is 0 Å². The van der Waals surface area contributed by atoms with Gasteiger partial charge in [-0.1, -0.05) is 28.2 Å². The van der Waals surface area contributed by atoms with Gasteiger partial charge in [0, 0.05) is 5.56 Å². The molecular weight excluding hydrogens is 327 g/mol. The van der Waals surface area contributed by atoms with E-state index < -0.39 is 5.91 Å². The number of carbonyl (C=O) groups is 1. The number of aromatic nitrogens is 1. The lowest BCUT2D eigenvalue weighted by atomic mass is 10.2. The van der Waals surface area contributed by atoms with Gasteiger partial charge in [-0.2, -0.15) is 5.54 Å². The summed E-state index contributed by atoms with van der Waals surface area (Å²) in [7, 11) is 0. The first kappa shape index (κ1) is 14.7. The highest BCUT2D eigenvalue weighted by Crippen LogP contribution is 2.29. The Hall–Kier alpha value is -2.18. The van der Waals surface area contributed by atoms with Crippen molar-refractivity contribution in [2.75, 3.05) is 0 Å². The topological polar surface area (TPSA) is 51.2 Å². The minimum Gasteiger partial charge on any atom is -0.486 e. The highest BCUT2D eigenvalue weighted by Gasteiger charge is 2.09. The Kier molecular flexibility index (Phi) is 4.22. The number of thiazole rings is 1. The van der Waals surface area contributed by atoms with Crippen molar-refractivity contribution in [3.8, 4) is 5.75 Å². The number of fused-ring (bicyclic) bond motifs is 1. The van der Waals surface area contributed by atoms with E-state index in [-0.39, 0.29) is 12.2 Å². The van der Waals surface area contributed by atoms with E-state index in [1.54, 1.807) is 12.1 Å². The van der Waals surface area contributed by atoms with Crippen molar-refractivity contribution < 1.29 is 14.0 Å². The predicted molar refractivity (Wildman–Crippen MR) is 84.0 cm³/mol. The molecule has 0 bridgehead atoms. The molecule has 0 spiro atoms. The summed E-state index contributed by atoms with van der Waals surface area (Å²) >= 11 is 7.56. The fourth-order valence-electron chi connectivity index (χ4n) is 1.95. The minimum absolute atomic E-state index is 0.187. The third-order valence-corrected chi connectivity index (χ3v) is 4.46. The fourth-order valence-corrected chi connectivity index (χ4v) is 3.12. The first-order chi connectivity index (χ1) is 10.7. The van der Waals surface area contributed by atoms with Crippen molar-refractivity contribution in [2.24, 2.45) is 0 Å². The summed E-state index contributed by atoms with van der Waals surface area (Å²) in [4.78, 5) is 15.7. The van der Waals surface area contributed by atoms with Crippen molar-refractivity contribution >= 4 is 39.1 Å². The van der Waals surface area contributed by atoms with Crippen molar-refractivity contribution in [3.63, 3.8) is 0 Å². The van der Waals surface area contributed by atoms with Crippen molar-refractivity contribution in [1.82, 2.24) is 10.5 Å². The van der Waals surface area contributed by atoms with Crippen LogP contribution in [0.5, 0.6) is 5.75 Å². The van der Waals surface area contributed by atoms with Crippen LogP contribution in [0.2, 0.25) is 5.02 Å². The number of benzene rings is 2. The highest BCUT2D eigenvalue weighted by molar-refractivity contribution is 7.19. The average molecular weight is 337 g/mol. The number of nitrogens with one attached hydrogen (secondary N) is 1. The molecule has 22 heavy (non-hydrogen) atoms. The maximum absolute atomic E-state index is 12.1. The van der Waals surface area contributed by atoms with Gasteiger partial charge in [-0.3, -0.25) is 4.79 Å². The normalized spacial score (nSPS) is 10.6. The number of halogens is 2. The lowest BCUT2D eigenvalue weighted by Crippen LogP contribution is -2.13. The highest BCUT2D eigenvalue weighted by atomic mass is 35.5. The van der Waals surface area contributed by atoms with E-state index in [1.807, 2.05) is 18.2 Å². The summed E-state index contributed by atoms with van der Waals surface area (Å²) in [6, 6.07) is 11.8. The van der Waals surface area contributed by atoms with E-state index in [0.717, 1.165) is 20.8 Å². The maximum Gasteiger partial charge on any atom is 0.279 e. The smallest absolute Gasteiger partial charge is 0.279 e. The number of hydrogen-bond acceptors (Lipinski definition) is 4. The molecule has 0 unspecified atom stereocenters. The van der Waals surface area contributed by atoms with E-state index in [9.17, 15) is 9.28 Å². The molecule has 1 heterocycles. The van der Waals surface area contributed by atoms with Crippen molar-refractivity contribution in [2.45, 2.75) is 6.61 Å². The molecule has 2 aromatic carbocycles. The number of ether oxygens (including phenoxy) is 1. The van der Waals surface area contributed by atoms with Gasteiger partial charge in [0.25, 0.3) is 5.91 Å². The summed E-state index contributed by atoms with van der Waals surface area (Å²) in [5.41, 5.74) is 2.10. The molecule has 0 aliphatic heterocycles. The molecule has 4 nitrogen and oxygen atoms in total. The lowest BCUT2D eigenvalue weighted by Gasteiger charge is -2.05. The summed E-state index contributed by atoms with van der Waals surface area (Å²) in [5.74, 6) is -0.344. The van der Waals surface area contributed by atoms with E-state index in [1.165, 1.54) is 23.5 Å². The molecule has 3 aromatic rings. The van der Waals surface area contributed by atoms with Crippen LogP contribution in [-0.4, -0.2) is 10.9 Å². The molecule has 0 fully saturated rings. The molecule has 0 aliphatic rings. The molecule has 1 amide bonds. The SMILES string of the molecule is O=C(NF)c1cccc(OCc2nc3cccc(Cl)c3s2)c1. The average Bonchev–Trinajstić information content (AvgIpc) is 2.97. The molecule has 0 aliphatic carbocycles. The van der Waals surface area contributed by atoms with Crippen LogP contribution >= 0.6 is 22.9 Å². The Morgan fingerprint density at radius 3 is 2.91 bits per heavy atom. The van der Waals surface area contributed by atoms with Gasteiger partial charge in [-0.15, -0.1) is 11.3 Å². The van der Waals surface area contributed by atoms with Crippen LogP contribution < -0.4 is 10.3 Å². The largest absolute Gasteiger partial charge is 0.486 e. The number of carbonyl (C=O) groups excluding carboxylic acids is 1. The zero-order valence-corrected chi connectivity index (χ0v) is 12.7. The van der Waals surface area contributed by atoms with Gasteiger partial charge < -0.3 is 4.74 Å². The molecular formula is C15H10ClFN2O2S. The fraction of sp³-hybridized carbons (Fsp3) is 0.0667. The van der Waals surface area contributed by atoms with Gasteiger partial charge in [0.15, 0.2) is 0 Å². The van der Waals surface area contributed by atoms with E-state index in [2.05, 4.69) is 4.98 Å². The molecule has 0 atom stereocenters. The van der Waals surface area contributed by atoms with Gasteiger partial charge in [0.1, 0.15) is 17.4 Å². The molecule has 0 saturated heterocycles. The Morgan fingerprint density at radius 1 is 1.32 bits per heavy atom. The van der Waals surface area contributed by atoms with Crippen LogP contribution in [0.25, 0.3) is 10.2 Å². The molecule has 7 heteroatoms. The summed E-state index contributed by atoms with van der Waals surface area (Å²) in [6.07, 6.45) is 0. The Balaban J connectivity index is 1.76. The minimum atomic E-state index is -0.808. The van der Waals surface area contributed by atoms with Gasteiger partial charge in [0.2, 0.25) is 0 Å². The maximum atomic E-state index is 12.1. The summed E-state index contributed by atoms with van der Waals surface area (Å²) in [5, 5.41) is 1.42. The molecule has 112 valence electrons. The zero-order chi connectivity index (χ0) is 15.5. The first-order valence-corrected chi connectivity index (χ1v) is 7.54. The predicted octanol–water partition coefficient (Wildman–Crippen LogP) is 4.14. The molecule has 1 aromatic heterocycles. The zero-order valence-electron chi connectivity index (χ0n) is 11.2. The van der Waals surface area contributed by atoms with Gasteiger partial charge in [-0.25, -0.2) is 4.98 Å². The number of rotatable bonds is 4. The number of nitrogens with zero attached hydrogens (tertiary/aromatic N) is 1. The molecule has 1 N–H and O–H groups in total. The molecule has 3 rings (SSSR count). The van der Waals surface area contributed by atoms with E-state index in [4.69, 9.17) is 16.3 Å². The summed E-state index contributed by atoms with van der Waals surface area (Å²) < 4.78 is 18.7. The van der Waals surface area contributed by atoms with Gasteiger partial charge in [-0.05, 0) is 30.3 Å². The second-order valence-electron chi connectivity index (χ2n) is 4.44. The number of hydrogen-bond donors (Lipinski definition) is 1. The quantitative estimate of drug-likeness (QED) is 0.728. The molecule has 0 radical (unpaired) electrons. The van der Waals surface area contributed by atoms with Gasteiger partial charge in [0.05, 0.1) is 15.2 Å². The Morgan fingerprint density at radius 2 is 2.14 bits per heavy atom. The Labute approximate surface area is 134 Å². The first-order valence-electron chi connectivity index (χ1n) is 6.35. The van der Waals surface area contributed by atoms with Crippen LogP contribution in [0, 0.1) is 0 Å². The lowest BCUT2D eigenvalue weighted by molar-refractivity contribution is 0.0859. The van der Waals surface area contributed by atoms with Crippen LogP contribution in [0.4, 0.5) is 4.48 Å². The monoisotopic (exact) mass is 336 g/mol. The van der Waals surface area contributed by atoms with Crippen LogP contribution in [-0.2, 0) is 6.61 Å². The van der Waals surface area contributed by atoms with E-state index >= 15 is 0 Å². The standard InChI is InChI=1S/C15H10ClFN2O2S/c16-11-5-2-6-12-14(11)22-13(18-12)8-21-10-4-1-3-9(7-10)15(20)19-17/h1-7H,8H2,(H,19,20). The summed E-state index contributed by atoms with van der Waals surface area (Å²) in [6.45, 7) is 0.246. The second kappa shape index (κ2) is 6.29. The number of amides is 1. The van der Waals surface area contributed by atoms with Crippen molar-refractivity contribution in [1.29, 1.82) is 0 Å². The Bertz CT molecular complexity index is 837. The van der Waals surface area contributed by atoms with E-state index in [0.29, 0.717) is 10.8 Å². The van der Waals surface area contributed by atoms with Crippen LogP contribution in [0.15, 0.2) is 42.5 Å². The second-order valence-corrected chi connectivity index (χ2v) is 5.93. The molecule has 0 saturated carbocycles. The van der Waals surface area contributed by atoms with Crippen LogP contribution in [0.3, 0.4) is 0 Å². The van der Waals surface area contributed by atoms with Crippen molar-refractivity contribution in [3.05, 3.63) is 58.1 Å². The third kappa shape index (κ3) is 3.03.